The van der Waals surface area contributed by atoms with Gasteiger partial charge in [0, 0.05) is 29.8 Å². The highest BCUT2D eigenvalue weighted by molar-refractivity contribution is 9.10. The number of nitrogens with zero attached hydrogens (tertiary/aromatic N) is 3. The maximum Gasteiger partial charge on any atom is 0.157 e. The monoisotopic (exact) mass is 385 g/mol. The van der Waals surface area contributed by atoms with Crippen molar-refractivity contribution in [2.45, 2.75) is 13.5 Å². The van der Waals surface area contributed by atoms with E-state index in [0.717, 1.165) is 21.0 Å². The Morgan fingerprint density at radius 1 is 1.42 bits per heavy atom. The molecule has 0 radical (unpaired) electrons. The van der Waals surface area contributed by atoms with E-state index in [1.54, 1.807) is 17.8 Å². The fraction of sp³-hybridized carbons (Fsp3) is 0.222. The number of aromatic nitrogens is 1. The van der Waals surface area contributed by atoms with Crippen LogP contribution in [-0.4, -0.2) is 23.3 Å². The lowest BCUT2D eigenvalue weighted by atomic mass is 10.1. The first-order valence-electron chi connectivity index (χ1n) is 7.47. The molecule has 0 saturated carbocycles. The molecular formula is C18H16BrN3O2. The number of furan rings is 1. The van der Waals surface area contributed by atoms with Crippen LogP contribution in [0.25, 0.3) is 22.3 Å². The number of nitriles is 1. The summed E-state index contributed by atoms with van der Waals surface area (Å²) in [6, 6.07) is 9.97. The number of fused-ring (bicyclic) bond motifs is 1. The first kappa shape index (κ1) is 16.5. The lowest BCUT2D eigenvalue weighted by Crippen LogP contribution is -2.23. The van der Waals surface area contributed by atoms with Gasteiger partial charge in [0.1, 0.15) is 22.9 Å². The fourth-order valence-corrected chi connectivity index (χ4v) is 3.17. The van der Waals surface area contributed by atoms with E-state index in [1.807, 2.05) is 31.2 Å². The first-order chi connectivity index (χ1) is 11.6. The number of rotatable bonds is 3. The number of pyridine rings is 1. The Labute approximate surface area is 147 Å². The van der Waals surface area contributed by atoms with Gasteiger partial charge in [-0.05, 0) is 24.6 Å². The van der Waals surface area contributed by atoms with Crippen molar-refractivity contribution in [1.29, 1.82) is 5.26 Å². The minimum Gasteiger partial charge on any atom is -0.454 e. The van der Waals surface area contributed by atoms with Crippen LogP contribution in [0.15, 0.2) is 44.3 Å². The highest BCUT2D eigenvalue weighted by Crippen LogP contribution is 2.32. The van der Waals surface area contributed by atoms with Gasteiger partial charge >= 0.3 is 0 Å². The summed E-state index contributed by atoms with van der Waals surface area (Å²) in [7, 11) is 1.69. The molecule has 0 fully saturated rings. The molecule has 0 amide bonds. The van der Waals surface area contributed by atoms with Crippen LogP contribution in [0.5, 0.6) is 0 Å². The molecule has 0 aliphatic heterocycles. The number of benzene rings is 1. The van der Waals surface area contributed by atoms with Gasteiger partial charge in [-0.15, -0.1) is 0 Å². The second-order valence-corrected chi connectivity index (χ2v) is 6.24. The fourth-order valence-electron chi connectivity index (χ4n) is 2.80. The second-order valence-electron chi connectivity index (χ2n) is 5.38. The Bertz CT molecular complexity index is 1030. The molecule has 0 bridgehead atoms. The normalized spacial score (nSPS) is 11.9. The van der Waals surface area contributed by atoms with Crippen LogP contribution in [0.4, 0.5) is 0 Å². The molecule has 0 aliphatic rings. The third-order valence-electron chi connectivity index (χ3n) is 3.98. The van der Waals surface area contributed by atoms with Crippen LogP contribution >= 0.6 is 15.9 Å². The molecule has 3 rings (SSSR count). The van der Waals surface area contributed by atoms with E-state index in [0.29, 0.717) is 28.9 Å². The first-order valence-corrected chi connectivity index (χ1v) is 8.26. The molecule has 0 atom stereocenters. The molecule has 5 nitrogen and oxygen atoms in total. The summed E-state index contributed by atoms with van der Waals surface area (Å²) in [5.41, 5.74) is 3.64. The molecule has 3 aromatic rings. The molecule has 0 saturated heterocycles. The molecule has 0 unspecified atom stereocenters. The molecule has 1 aromatic carbocycles. The maximum absolute atomic E-state index is 9.45. The maximum atomic E-state index is 9.45. The van der Waals surface area contributed by atoms with Gasteiger partial charge in [0.25, 0.3) is 0 Å². The standard InChI is InChI=1S/C18H16BrN3O2/c1-11-13(4-3-5-15(11)19)16-8-14-17(24-16)12(9-20)10-22(6-7-23)18(14)21-2/h3-5,8,10,23H,6-7H2,1-2H3/b21-18-. The lowest BCUT2D eigenvalue weighted by Gasteiger charge is -2.06. The lowest BCUT2D eigenvalue weighted by molar-refractivity contribution is 0.274. The number of aliphatic hydroxyl groups excluding tert-OH is 1. The van der Waals surface area contributed by atoms with Crippen molar-refractivity contribution < 1.29 is 9.52 Å². The molecule has 2 aromatic heterocycles. The Kier molecular flexibility index (Phi) is 4.56. The quantitative estimate of drug-likeness (QED) is 0.750. The van der Waals surface area contributed by atoms with Crippen LogP contribution < -0.4 is 5.49 Å². The summed E-state index contributed by atoms with van der Waals surface area (Å²) >= 11 is 3.53. The second kappa shape index (κ2) is 6.63. The van der Waals surface area contributed by atoms with Crippen LogP contribution in [0.1, 0.15) is 11.1 Å². The Hall–Kier alpha value is -2.36. The number of hydrogen-bond acceptors (Lipinski definition) is 4. The molecular weight excluding hydrogens is 370 g/mol. The van der Waals surface area contributed by atoms with Crippen molar-refractivity contribution >= 4 is 26.9 Å². The molecule has 0 aliphatic carbocycles. The summed E-state index contributed by atoms with van der Waals surface area (Å²) in [4.78, 5) is 4.31. The molecule has 0 spiro atoms. The summed E-state index contributed by atoms with van der Waals surface area (Å²) in [6.07, 6.45) is 1.67. The van der Waals surface area contributed by atoms with Gasteiger partial charge in [0.2, 0.25) is 0 Å². The zero-order valence-corrected chi connectivity index (χ0v) is 15.0. The third kappa shape index (κ3) is 2.66. The zero-order chi connectivity index (χ0) is 17.3. The Balaban J connectivity index is 2.36. The average Bonchev–Trinajstić information content (AvgIpc) is 3.01. The SMILES string of the molecule is C/N=c1/c2cc(-c3cccc(Br)c3C)oc2c(C#N)cn1CCO. The van der Waals surface area contributed by atoms with Crippen molar-refractivity contribution in [2.24, 2.45) is 4.99 Å². The van der Waals surface area contributed by atoms with E-state index in [4.69, 9.17) is 4.42 Å². The summed E-state index contributed by atoms with van der Waals surface area (Å²) in [6.45, 7) is 2.35. The average molecular weight is 386 g/mol. The van der Waals surface area contributed by atoms with Gasteiger partial charge in [-0.2, -0.15) is 5.26 Å². The van der Waals surface area contributed by atoms with Crippen LogP contribution in [0.2, 0.25) is 0 Å². The van der Waals surface area contributed by atoms with Crippen LogP contribution in [0, 0.1) is 18.3 Å². The highest BCUT2D eigenvalue weighted by Gasteiger charge is 2.16. The van der Waals surface area contributed by atoms with Gasteiger partial charge in [-0.3, -0.25) is 4.99 Å². The number of aliphatic hydroxyl groups is 1. The van der Waals surface area contributed by atoms with Crippen molar-refractivity contribution in [2.75, 3.05) is 13.7 Å². The molecule has 1 N–H and O–H groups in total. The molecule has 6 heteroatoms. The summed E-state index contributed by atoms with van der Waals surface area (Å²) < 4.78 is 8.78. The third-order valence-corrected chi connectivity index (χ3v) is 4.84. The van der Waals surface area contributed by atoms with Crippen LogP contribution in [0.3, 0.4) is 0 Å². The van der Waals surface area contributed by atoms with Gasteiger partial charge in [-0.1, -0.05) is 28.1 Å². The van der Waals surface area contributed by atoms with Crippen molar-refractivity contribution in [3.8, 4) is 17.4 Å². The van der Waals surface area contributed by atoms with Gasteiger partial charge < -0.3 is 14.1 Å². The predicted octanol–water partition coefficient (Wildman–Crippen LogP) is 3.37. The van der Waals surface area contributed by atoms with E-state index in [1.165, 1.54) is 0 Å². The Morgan fingerprint density at radius 2 is 2.21 bits per heavy atom. The van der Waals surface area contributed by atoms with Crippen molar-refractivity contribution in [1.82, 2.24) is 4.57 Å². The topological polar surface area (TPSA) is 74.5 Å². The Morgan fingerprint density at radius 3 is 2.88 bits per heavy atom. The molecule has 24 heavy (non-hydrogen) atoms. The molecule has 2 heterocycles. The van der Waals surface area contributed by atoms with Gasteiger partial charge in [0.05, 0.1) is 12.0 Å². The predicted molar refractivity (Wildman–Crippen MR) is 95.4 cm³/mol. The van der Waals surface area contributed by atoms with E-state index in [2.05, 4.69) is 27.0 Å². The van der Waals surface area contributed by atoms with Crippen molar-refractivity contribution in [3.63, 3.8) is 0 Å². The van der Waals surface area contributed by atoms with E-state index in [9.17, 15) is 10.4 Å². The van der Waals surface area contributed by atoms with Gasteiger partial charge in [0.15, 0.2) is 5.58 Å². The summed E-state index contributed by atoms with van der Waals surface area (Å²) in [5, 5.41) is 19.5. The largest absolute Gasteiger partial charge is 0.454 e. The highest BCUT2D eigenvalue weighted by atomic mass is 79.9. The minimum absolute atomic E-state index is 0.0288. The number of halogens is 1. The van der Waals surface area contributed by atoms with E-state index in [-0.39, 0.29) is 6.61 Å². The smallest absolute Gasteiger partial charge is 0.157 e. The van der Waals surface area contributed by atoms with Gasteiger partial charge in [-0.25, -0.2) is 0 Å². The van der Waals surface area contributed by atoms with Crippen molar-refractivity contribution in [3.05, 3.63) is 51.5 Å². The van der Waals surface area contributed by atoms with E-state index >= 15 is 0 Å². The summed E-state index contributed by atoms with van der Waals surface area (Å²) in [5.74, 6) is 0.687. The zero-order valence-electron chi connectivity index (χ0n) is 13.4. The minimum atomic E-state index is -0.0288. The van der Waals surface area contributed by atoms with E-state index < -0.39 is 0 Å². The van der Waals surface area contributed by atoms with Crippen LogP contribution in [-0.2, 0) is 6.54 Å². The number of hydrogen-bond donors (Lipinski definition) is 1. The molecule has 122 valence electrons.